The molecule has 7 heteroatoms. The number of hydrogen-bond donors (Lipinski definition) is 2. The molecule has 7 nitrogen and oxygen atoms in total. The summed E-state index contributed by atoms with van der Waals surface area (Å²) in [5.41, 5.74) is 5.40. The van der Waals surface area contributed by atoms with Crippen LogP contribution < -0.4 is 10.9 Å². The minimum atomic E-state index is -0.765. The van der Waals surface area contributed by atoms with Crippen LogP contribution in [-0.4, -0.2) is 23.0 Å². The third-order valence-corrected chi connectivity index (χ3v) is 6.96. The molecule has 2 aliphatic carbocycles. The number of benzene rings is 1. The third kappa shape index (κ3) is 1.68. The molecule has 2 N–H and O–H groups in total. The third-order valence-electron chi connectivity index (χ3n) is 6.96. The number of nitrogens with one attached hydrogen (secondary N) is 2. The Morgan fingerprint density at radius 2 is 2.04 bits per heavy atom. The fraction of sp³-hybridized carbons (Fsp3) is 0.588. The van der Waals surface area contributed by atoms with Crippen molar-refractivity contribution < 1.29 is 14.5 Å². The maximum absolute atomic E-state index is 12.9. The number of hydrazine groups is 1. The van der Waals surface area contributed by atoms with E-state index in [1.54, 1.807) is 12.1 Å². The molecule has 4 atom stereocenters. The fourth-order valence-corrected chi connectivity index (χ4v) is 5.15. The molecule has 0 radical (unpaired) electrons. The van der Waals surface area contributed by atoms with Crippen LogP contribution in [0.4, 0.5) is 11.4 Å². The second-order valence-corrected chi connectivity index (χ2v) is 7.69. The molecule has 1 heterocycles. The van der Waals surface area contributed by atoms with Gasteiger partial charge in [0, 0.05) is 23.0 Å². The lowest BCUT2D eigenvalue weighted by atomic mass is 9.66. The minimum absolute atomic E-state index is 0.0148. The minimum Gasteiger partial charge on any atom is -0.364 e. The summed E-state index contributed by atoms with van der Waals surface area (Å²) < 4.78 is 6.04. The first-order valence-corrected chi connectivity index (χ1v) is 8.27. The number of non-ortho nitro benzene ring substituents is 1. The van der Waals surface area contributed by atoms with Crippen molar-refractivity contribution in [2.75, 3.05) is 12.0 Å². The highest BCUT2D eigenvalue weighted by molar-refractivity contribution is 5.89. The quantitative estimate of drug-likeness (QED) is 0.653. The molecule has 0 unspecified atom stereocenters. The van der Waals surface area contributed by atoms with E-state index in [9.17, 15) is 14.9 Å². The van der Waals surface area contributed by atoms with Crippen molar-refractivity contribution in [2.24, 2.45) is 16.7 Å². The zero-order valence-corrected chi connectivity index (χ0v) is 13.8. The molecular formula is C17H21N3O4. The van der Waals surface area contributed by atoms with Gasteiger partial charge >= 0.3 is 0 Å². The van der Waals surface area contributed by atoms with Gasteiger partial charge in [-0.3, -0.25) is 25.8 Å². The summed E-state index contributed by atoms with van der Waals surface area (Å²) in [4.78, 5) is 23.1. The van der Waals surface area contributed by atoms with Crippen molar-refractivity contribution in [1.82, 2.24) is 5.43 Å². The Morgan fingerprint density at radius 1 is 1.33 bits per heavy atom. The molecule has 4 rings (SSSR count). The van der Waals surface area contributed by atoms with Gasteiger partial charge in [0.05, 0.1) is 17.2 Å². The smallest absolute Gasteiger partial charge is 0.271 e. The lowest BCUT2D eigenvalue weighted by Gasteiger charge is -2.39. The average Bonchev–Trinajstić information content (AvgIpc) is 3.04. The molecule has 1 aliphatic heterocycles. The fourth-order valence-electron chi connectivity index (χ4n) is 5.15. The lowest BCUT2D eigenvalue weighted by molar-refractivity contribution is -0.384. The number of rotatable bonds is 4. The Morgan fingerprint density at radius 3 is 2.62 bits per heavy atom. The van der Waals surface area contributed by atoms with Gasteiger partial charge in [-0.05, 0) is 37.3 Å². The second kappa shape index (κ2) is 4.69. The second-order valence-electron chi connectivity index (χ2n) is 7.69. The Hall–Kier alpha value is -2.15. The summed E-state index contributed by atoms with van der Waals surface area (Å²) in [5.74, 6) is 0.399. The Kier molecular flexibility index (Phi) is 3.01. The van der Waals surface area contributed by atoms with E-state index in [1.165, 1.54) is 18.6 Å². The summed E-state index contributed by atoms with van der Waals surface area (Å²) in [6, 6.07) is 5.93. The highest BCUT2D eigenvalue weighted by Gasteiger charge is 2.78. The van der Waals surface area contributed by atoms with E-state index >= 15 is 0 Å². The van der Waals surface area contributed by atoms with Crippen LogP contribution in [0.3, 0.4) is 0 Å². The summed E-state index contributed by atoms with van der Waals surface area (Å²) in [7, 11) is 0. The van der Waals surface area contributed by atoms with E-state index in [-0.39, 0.29) is 22.4 Å². The van der Waals surface area contributed by atoms with Gasteiger partial charge in [0.2, 0.25) is 0 Å². The number of anilines is 1. The van der Waals surface area contributed by atoms with Crippen molar-refractivity contribution >= 4 is 17.3 Å². The largest absolute Gasteiger partial charge is 0.364 e. The average molecular weight is 331 g/mol. The van der Waals surface area contributed by atoms with E-state index in [0.717, 1.165) is 12.8 Å². The van der Waals surface area contributed by atoms with Crippen LogP contribution in [0.2, 0.25) is 0 Å². The number of nitro benzene ring substituents is 1. The van der Waals surface area contributed by atoms with Crippen LogP contribution in [0.1, 0.15) is 33.1 Å². The summed E-state index contributed by atoms with van der Waals surface area (Å²) in [5, 5.41) is 10.7. The first kappa shape index (κ1) is 15.4. The Bertz CT molecular complexity index is 721. The summed E-state index contributed by atoms with van der Waals surface area (Å²) >= 11 is 0. The van der Waals surface area contributed by atoms with Gasteiger partial charge in [-0.15, -0.1) is 0 Å². The Labute approximate surface area is 139 Å². The molecule has 128 valence electrons. The van der Waals surface area contributed by atoms with Gasteiger partial charge < -0.3 is 4.74 Å². The van der Waals surface area contributed by atoms with E-state index in [1.807, 2.05) is 0 Å². The van der Waals surface area contributed by atoms with Crippen molar-refractivity contribution in [1.29, 1.82) is 0 Å². The number of nitrogens with zero attached hydrogens (tertiary/aromatic N) is 1. The number of carbonyl (C=O) groups is 1. The molecule has 3 fully saturated rings. The van der Waals surface area contributed by atoms with Crippen LogP contribution in [0.25, 0.3) is 0 Å². The number of hydrogen-bond acceptors (Lipinski definition) is 5. The van der Waals surface area contributed by atoms with Crippen LogP contribution >= 0.6 is 0 Å². The number of ether oxygens (including phenoxy) is 1. The highest BCUT2D eigenvalue weighted by Crippen LogP contribution is 2.74. The normalized spacial score (nSPS) is 39.0. The zero-order valence-electron chi connectivity index (χ0n) is 13.8. The Balaban J connectivity index is 1.49. The first-order chi connectivity index (χ1) is 11.3. The first-order valence-electron chi connectivity index (χ1n) is 8.27. The van der Waals surface area contributed by atoms with Gasteiger partial charge in [-0.2, -0.15) is 0 Å². The molecule has 1 amide bonds. The van der Waals surface area contributed by atoms with Gasteiger partial charge in [0.25, 0.3) is 11.6 Å². The van der Waals surface area contributed by atoms with E-state index < -0.39 is 10.5 Å². The maximum Gasteiger partial charge on any atom is 0.271 e. The highest BCUT2D eigenvalue weighted by atomic mass is 16.6. The predicted octanol–water partition coefficient (Wildman–Crippen LogP) is 2.63. The monoisotopic (exact) mass is 331 g/mol. The van der Waals surface area contributed by atoms with Crippen molar-refractivity contribution in [3.8, 4) is 0 Å². The topological polar surface area (TPSA) is 93.5 Å². The number of amides is 1. The molecule has 0 spiro atoms. The maximum atomic E-state index is 12.9. The van der Waals surface area contributed by atoms with Crippen LogP contribution in [-0.2, 0) is 9.53 Å². The molecule has 3 aliphatic rings. The summed E-state index contributed by atoms with van der Waals surface area (Å²) in [6.45, 7) is 5.06. The molecule has 4 bridgehead atoms. The molecule has 1 aromatic carbocycles. The van der Waals surface area contributed by atoms with E-state index in [2.05, 4.69) is 24.7 Å². The molecular weight excluding hydrogens is 310 g/mol. The SMILES string of the molecule is C[C@@]12CC[C@H]3C[C@@]1(C(=O)NNc1ccc([N+](=O)[O-])cc1)OC[C@@]32C. The van der Waals surface area contributed by atoms with Crippen LogP contribution in [0.15, 0.2) is 24.3 Å². The molecule has 1 saturated heterocycles. The predicted molar refractivity (Wildman–Crippen MR) is 87.1 cm³/mol. The van der Waals surface area contributed by atoms with Crippen LogP contribution in [0.5, 0.6) is 0 Å². The van der Waals surface area contributed by atoms with E-state index in [0.29, 0.717) is 18.2 Å². The number of carbonyl (C=O) groups excluding carboxylic acids is 1. The standard InChI is InChI=1S/C17H21N3O4/c1-15-10-24-17(9-11(15)7-8-16(15,17)2)14(21)19-18-12-3-5-13(6-4-12)20(22)23/h3-6,11,18H,7-10H2,1-2H3,(H,19,21)/t11-,15-,16-,17-/m0/s1. The van der Waals surface area contributed by atoms with Gasteiger partial charge in [-0.25, -0.2) is 0 Å². The summed E-state index contributed by atoms with van der Waals surface area (Å²) in [6.07, 6.45) is 2.95. The van der Waals surface area contributed by atoms with Gasteiger partial charge in [0.1, 0.15) is 0 Å². The van der Waals surface area contributed by atoms with Crippen molar-refractivity contribution in [3.05, 3.63) is 34.4 Å². The van der Waals surface area contributed by atoms with Crippen molar-refractivity contribution in [2.45, 2.75) is 38.7 Å². The van der Waals surface area contributed by atoms with E-state index in [4.69, 9.17) is 4.74 Å². The van der Waals surface area contributed by atoms with Gasteiger partial charge in [-0.1, -0.05) is 13.8 Å². The lowest BCUT2D eigenvalue weighted by Crippen LogP contribution is -2.56. The molecule has 1 aromatic rings. The number of nitro groups is 1. The van der Waals surface area contributed by atoms with Crippen molar-refractivity contribution in [3.63, 3.8) is 0 Å². The van der Waals surface area contributed by atoms with Crippen LogP contribution in [0, 0.1) is 26.9 Å². The molecule has 2 saturated carbocycles. The zero-order chi connectivity index (χ0) is 17.2. The van der Waals surface area contributed by atoms with Gasteiger partial charge in [0.15, 0.2) is 5.60 Å². The molecule has 24 heavy (non-hydrogen) atoms. The molecule has 0 aromatic heterocycles.